The SMILES string of the molecule is COc1ccc(CN(CCC(=O)O)c2ccccc2)cc1. The van der Waals surface area contributed by atoms with Gasteiger partial charge in [0.15, 0.2) is 0 Å². The summed E-state index contributed by atoms with van der Waals surface area (Å²) in [4.78, 5) is 12.9. The number of hydrogen-bond donors (Lipinski definition) is 1. The summed E-state index contributed by atoms with van der Waals surface area (Å²) in [5, 5.41) is 8.90. The lowest BCUT2D eigenvalue weighted by Gasteiger charge is -2.24. The van der Waals surface area contributed by atoms with Crippen molar-refractivity contribution in [1.82, 2.24) is 0 Å². The number of nitrogens with zero attached hydrogens (tertiary/aromatic N) is 1. The highest BCUT2D eigenvalue weighted by Crippen LogP contribution is 2.19. The Hall–Kier alpha value is -2.49. The van der Waals surface area contributed by atoms with Crippen LogP contribution in [-0.2, 0) is 11.3 Å². The first-order valence-corrected chi connectivity index (χ1v) is 6.84. The molecule has 2 aromatic carbocycles. The summed E-state index contributed by atoms with van der Waals surface area (Å²) in [6.45, 7) is 1.15. The number of carboxylic acids is 1. The second-order valence-corrected chi connectivity index (χ2v) is 4.75. The normalized spacial score (nSPS) is 10.1. The van der Waals surface area contributed by atoms with E-state index in [1.54, 1.807) is 7.11 Å². The number of benzene rings is 2. The van der Waals surface area contributed by atoms with Gasteiger partial charge in [-0.05, 0) is 29.8 Å². The molecule has 0 spiro atoms. The standard InChI is InChI=1S/C17H19NO3/c1-21-16-9-7-14(8-10-16)13-18(12-11-17(19)20)15-5-3-2-4-6-15/h2-10H,11-13H2,1H3,(H,19,20). The van der Waals surface area contributed by atoms with Gasteiger partial charge in [0.2, 0.25) is 0 Å². The van der Waals surface area contributed by atoms with Gasteiger partial charge in [0.25, 0.3) is 0 Å². The maximum Gasteiger partial charge on any atom is 0.305 e. The number of hydrogen-bond acceptors (Lipinski definition) is 3. The van der Waals surface area contributed by atoms with E-state index in [0.717, 1.165) is 17.0 Å². The van der Waals surface area contributed by atoms with E-state index in [-0.39, 0.29) is 6.42 Å². The van der Waals surface area contributed by atoms with Crippen LogP contribution in [0.1, 0.15) is 12.0 Å². The molecule has 4 heteroatoms. The molecule has 2 rings (SSSR count). The fourth-order valence-electron chi connectivity index (χ4n) is 2.12. The van der Waals surface area contributed by atoms with Crippen molar-refractivity contribution in [3.8, 4) is 5.75 Å². The molecule has 0 aliphatic rings. The molecule has 0 amide bonds. The number of carboxylic acid groups (broad SMARTS) is 1. The van der Waals surface area contributed by atoms with E-state index >= 15 is 0 Å². The van der Waals surface area contributed by atoms with Crippen molar-refractivity contribution in [1.29, 1.82) is 0 Å². The zero-order valence-electron chi connectivity index (χ0n) is 12.0. The van der Waals surface area contributed by atoms with Gasteiger partial charge in [-0.2, -0.15) is 0 Å². The van der Waals surface area contributed by atoms with Crippen molar-refractivity contribution >= 4 is 11.7 Å². The molecule has 21 heavy (non-hydrogen) atoms. The summed E-state index contributed by atoms with van der Waals surface area (Å²) in [7, 11) is 1.64. The smallest absolute Gasteiger partial charge is 0.305 e. The van der Waals surface area contributed by atoms with Gasteiger partial charge in [0.1, 0.15) is 5.75 Å². The first-order chi connectivity index (χ1) is 10.2. The summed E-state index contributed by atoms with van der Waals surface area (Å²) in [6, 6.07) is 17.7. The topological polar surface area (TPSA) is 49.8 Å². The fourth-order valence-corrected chi connectivity index (χ4v) is 2.12. The van der Waals surface area contributed by atoms with Crippen molar-refractivity contribution < 1.29 is 14.6 Å². The molecule has 4 nitrogen and oxygen atoms in total. The van der Waals surface area contributed by atoms with E-state index < -0.39 is 5.97 Å². The molecular weight excluding hydrogens is 266 g/mol. The van der Waals surface area contributed by atoms with Crippen LogP contribution in [0.4, 0.5) is 5.69 Å². The molecule has 0 saturated heterocycles. The first kappa shape index (κ1) is 14.9. The van der Waals surface area contributed by atoms with E-state index in [1.165, 1.54) is 0 Å². The molecule has 0 unspecified atom stereocenters. The molecule has 0 atom stereocenters. The Kier molecular flexibility index (Phi) is 5.21. The zero-order valence-corrected chi connectivity index (χ0v) is 12.0. The van der Waals surface area contributed by atoms with Gasteiger partial charge in [0.05, 0.1) is 13.5 Å². The van der Waals surface area contributed by atoms with Gasteiger partial charge < -0.3 is 14.7 Å². The van der Waals surface area contributed by atoms with Gasteiger partial charge in [0, 0.05) is 18.8 Å². The van der Waals surface area contributed by atoms with Crippen LogP contribution in [0.25, 0.3) is 0 Å². The lowest BCUT2D eigenvalue weighted by Crippen LogP contribution is -2.25. The van der Waals surface area contributed by atoms with Crippen LogP contribution in [0.2, 0.25) is 0 Å². The maximum atomic E-state index is 10.8. The molecule has 110 valence electrons. The van der Waals surface area contributed by atoms with Gasteiger partial charge in [-0.1, -0.05) is 30.3 Å². The molecule has 0 radical (unpaired) electrons. The quantitative estimate of drug-likeness (QED) is 0.849. The van der Waals surface area contributed by atoms with E-state index in [2.05, 4.69) is 4.90 Å². The van der Waals surface area contributed by atoms with E-state index in [9.17, 15) is 4.79 Å². The molecule has 0 aliphatic heterocycles. The monoisotopic (exact) mass is 285 g/mol. The Labute approximate surface area is 124 Å². The Balaban J connectivity index is 2.12. The third-order valence-corrected chi connectivity index (χ3v) is 3.25. The first-order valence-electron chi connectivity index (χ1n) is 6.84. The summed E-state index contributed by atoms with van der Waals surface area (Å²) in [6.07, 6.45) is 0.116. The number of anilines is 1. The summed E-state index contributed by atoms with van der Waals surface area (Å²) < 4.78 is 5.15. The van der Waals surface area contributed by atoms with Crippen LogP contribution in [0.5, 0.6) is 5.75 Å². The second-order valence-electron chi connectivity index (χ2n) is 4.75. The molecule has 0 saturated carbocycles. The van der Waals surface area contributed by atoms with Gasteiger partial charge >= 0.3 is 5.97 Å². The number of aliphatic carboxylic acids is 1. The highest BCUT2D eigenvalue weighted by Gasteiger charge is 2.09. The predicted molar refractivity (Wildman–Crippen MR) is 82.7 cm³/mol. The van der Waals surface area contributed by atoms with Crippen LogP contribution in [0.15, 0.2) is 54.6 Å². The largest absolute Gasteiger partial charge is 0.497 e. The minimum Gasteiger partial charge on any atom is -0.497 e. The average Bonchev–Trinajstić information content (AvgIpc) is 2.52. The highest BCUT2D eigenvalue weighted by molar-refractivity contribution is 5.67. The summed E-state index contributed by atoms with van der Waals surface area (Å²) in [5.41, 5.74) is 2.14. The van der Waals surface area contributed by atoms with Crippen LogP contribution >= 0.6 is 0 Å². The van der Waals surface area contributed by atoms with Gasteiger partial charge in [-0.25, -0.2) is 0 Å². The Bertz CT molecular complexity index is 566. The molecular formula is C17H19NO3. The third-order valence-electron chi connectivity index (χ3n) is 3.25. The number of rotatable bonds is 7. The van der Waals surface area contributed by atoms with Crippen LogP contribution < -0.4 is 9.64 Å². The third kappa shape index (κ3) is 4.53. The molecule has 1 N–H and O–H groups in total. The maximum absolute atomic E-state index is 10.8. The number of carbonyl (C=O) groups is 1. The Morgan fingerprint density at radius 1 is 1.10 bits per heavy atom. The lowest BCUT2D eigenvalue weighted by molar-refractivity contribution is -0.136. The van der Waals surface area contributed by atoms with Crippen molar-refractivity contribution in [3.63, 3.8) is 0 Å². The minimum absolute atomic E-state index is 0.116. The van der Waals surface area contributed by atoms with Crippen LogP contribution in [0, 0.1) is 0 Å². The molecule has 0 bridgehead atoms. The van der Waals surface area contributed by atoms with Crippen molar-refractivity contribution in [3.05, 3.63) is 60.2 Å². The fraction of sp³-hybridized carbons (Fsp3) is 0.235. The van der Waals surface area contributed by atoms with Crippen LogP contribution in [0.3, 0.4) is 0 Å². The van der Waals surface area contributed by atoms with Gasteiger partial charge in [-0.3, -0.25) is 4.79 Å². The summed E-state index contributed by atoms with van der Waals surface area (Å²) in [5.74, 6) is 0.0289. The minimum atomic E-state index is -0.786. The van der Waals surface area contributed by atoms with Gasteiger partial charge in [-0.15, -0.1) is 0 Å². The molecule has 0 fully saturated rings. The predicted octanol–water partition coefficient (Wildman–Crippen LogP) is 3.18. The average molecular weight is 285 g/mol. The van der Waals surface area contributed by atoms with E-state index in [1.807, 2.05) is 54.6 Å². The van der Waals surface area contributed by atoms with E-state index in [0.29, 0.717) is 13.1 Å². The lowest BCUT2D eigenvalue weighted by atomic mass is 10.1. The number of methoxy groups -OCH3 is 1. The van der Waals surface area contributed by atoms with Crippen molar-refractivity contribution in [2.45, 2.75) is 13.0 Å². The summed E-state index contributed by atoms with van der Waals surface area (Å²) >= 11 is 0. The molecule has 0 aromatic heterocycles. The van der Waals surface area contributed by atoms with E-state index in [4.69, 9.17) is 9.84 Å². The molecule has 2 aromatic rings. The number of ether oxygens (including phenoxy) is 1. The zero-order chi connectivity index (χ0) is 15.1. The van der Waals surface area contributed by atoms with Crippen molar-refractivity contribution in [2.24, 2.45) is 0 Å². The van der Waals surface area contributed by atoms with Crippen LogP contribution in [-0.4, -0.2) is 24.7 Å². The highest BCUT2D eigenvalue weighted by atomic mass is 16.5. The molecule has 0 aliphatic carbocycles. The Morgan fingerprint density at radius 2 is 1.76 bits per heavy atom. The van der Waals surface area contributed by atoms with Crippen molar-refractivity contribution in [2.75, 3.05) is 18.6 Å². The number of para-hydroxylation sites is 1. The second kappa shape index (κ2) is 7.33. The Morgan fingerprint density at radius 3 is 2.33 bits per heavy atom. The molecule has 0 heterocycles.